The number of aliphatic hydroxyl groups is 1. The first-order valence-electron chi connectivity index (χ1n) is 4.06. The van der Waals surface area contributed by atoms with Gasteiger partial charge in [0.15, 0.2) is 0 Å². The van der Waals surface area contributed by atoms with Crippen molar-refractivity contribution in [2.24, 2.45) is 5.92 Å². The average molecular weight is 192 g/mol. The van der Waals surface area contributed by atoms with E-state index in [1.165, 1.54) is 0 Å². The normalized spacial score (nSPS) is 15.0. The molecule has 0 fully saturated rings. The van der Waals surface area contributed by atoms with Crippen molar-refractivity contribution < 1.29 is 14.6 Å². The molecule has 0 aromatic carbocycles. The molecule has 0 bridgehead atoms. The molecule has 0 rings (SSSR count). The van der Waals surface area contributed by atoms with E-state index in [1.807, 2.05) is 20.8 Å². The topological polar surface area (TPSA) is 38.7 Å². The standard InChI is InChI=1S/C8H16O3S/c1-4-10-8(12)11-7(3)6(2)5-9/h6-7,9H,4-5H2,1-3H3/t6-,7?/m0/s1. The van der Waals surface area contributed by atoms with Crippen molar-refractivity contribution in [3.63, 3.8) is 0 Å². The quantitative estimate of drug-likeness (QED) is 0.682. The van der Waals surface area contributed by atoms with E-state index in [0.29, 0.717) is 6.61 Å². The van der Waals surface area contributed by atoms with Gasteiger partial charge in [-0.3, -0.25) is 0 Å². The predicted molar refractivity (Wildman–Crippen MR) is 51.0 cm³/mol. The molecule has 0 saturated heterocycles. The molecule has 0 saturated carbocycles. The van der Waals surface area contributed by atoms with Gasteiger partial charge in [-0.25, -0.2) is 0 Å². The first-order valence-corrected chi connectivity index (χ1v) is 4.46. The van der Waals surface area contributed by atoms with E-state index in [-0.39, 0.29) is 23.9 Å². The Balaban J connectivity index is 3.67. The van der Waals surface area contributed by atoms with Crippen molar-refractivity contribution in [1.82, 2.24) is 0 Å². The second-order valence-corrected chi connectivity index (χ2v) is 3.00. The Hall–Kier alpha value is -0.350. The van der Waals surface area contributed by atoms with Crippen LogP contribution in [0.1, 0.15) is 20.8 Å². The zero-order chi connectivity index (χ0) is 9.56. The van der Waals surface area contributed by atoms with Gasteiger partial charge in [-0.1, -0.05) is 6.92 Å². The van der Waals surface area contributed by atoms with Gasteiger partial charge in [-0.05, 0) is 13.8 Å². The third kappa shape index (κ3) is 4.51. The molecule has 4 heteroatoms. The molecule has 0 aromatic rings. The van der Waals surface area contributed by atoms with E-state index in [4.69, 9.17) is 26.8 Å². The molecule has 0 aromatic heterocycles. The number of rotatable bonds is 4. The van der Waals surface area contributed by atoms with Gasteiger partial charge in [0.25, 0.3) is 0 Å². The molecule has 0 aliphatic rings. The van der Waals surface area contributed by atoms with Crippen molar-refractivity contribution in [2.75, 3.05) is 13.2 Å². The summed E-state index contributed by atoms with van der Waals surface area (Å²) in [5, 5.41) is 8.94. The third-order valence-corrected chi connectivity index (χ3v) is 1.85. The van der Waals surface area contributed by atoms with E-state index in [1.54, 1.807) is 0 Å². The molecule has 2 atom stereocenters. The summed E-state index contributed by atoms with van der Waals surface area (Å²) in [7, 11) is 0. The fourth-order valence-electron chi connectivity index (χ4n) is 0.568. The second-order valence-electron chi connectivity index (χ2n) is 2.67. The fraction of sp³-hybridized carbons (Fsp3) is 0.875. The van der Waals surface area contributed by atoms with E-state index < -0.39 is 0 Å². The van der Waals surface area contributed by atoms with E-state index in [2.05, 4.69) is 0 Å². The Bertz CT molecular complexity index is 138. The Morgan fingerprint density at radius 2 is 2.08 bits per heavy atom. The summed E-state index contributed by atoms with van der Waals surface area (Å²) in [6.07, 6.45) is -0.103. The lowest BCUT2D eigenvalue weighted by atomic mass is 10.1. The summed E-state index contributed by atoms with van der Waals surface area (Å²) in [6.45, 7) is 6.19. The van der Waals surface area contributed by atoms with E-state index in [9.17, 15) is 0 Å². The van der Waals surface area contributed by atoms with Gasteiger partial charge in [0.2, 0.25) is 0 Å². The van der Waals surface area contributed by atoms with Crippen molar-refractivity contribution >= 4 is 17.5 Å². The smallest absolute Gasteiger partial charge is 0.352 e. The van der Waals surface area contributed by atoms with Crippen molar-refractivity contribution in [1.29, 1.82) is 0 Å². The lowest BCUT2D eigenvalue weighted by Crippen LogP contribution is -2.24. The van der Waals surface area contributed by atoms with Gasteiger partial charge in [0.05, 0.1) is 6.61 Å². The fourth-order valence-corrected chi connectivity index (χ4v) is 0.838. The van der Waals surface area contributed by atoms with Gasteiger partial charge in [-0.2, -0.15) is 0 Å². The zero-order valence-electron chi connectivity index (χ0n) is 7.74. The zero-order valence-corrected chi connectivity index (χ0v) is 8.56. The minimum atomic E-state index is -0.103. The van der Waals surface area contributed by atoms with Gasteiger partial charge < -0.3 is 14.6 Å². The monoisotopic (exact) mass is 192 g/mol. The molecule has 0 amide bonds. The summed E-state index contributed by atoms with van der Waals surface area (Å²) < 4.78 is 10.1. The lowest BCUT2D eigenvalue weighted by Gasteiger charge is -2.19. The highest BCUT2D eigenvalue weighted by atomic mass is 32.1. The summed E-state index contributed by atoms with van der Waals surface area (Å²) >= 11 is 4.77. The van der Waals surface area contributed by atoms with Crippen molar-refractivity contribution in [2.45, 2.75) is 26.9 Å². The van der Waals surface area contributed by atoms with Crippen LogP contribution < -0.4 is 0 Å². The minimum Gasteiger partial charge on any atom is -0.457 e. The highest BCUT2D eigenvalue weighted by molar-refractivity contribution is 7.79. The summed E-state index contributed by atoms with van der Waals surface area (Å²) in [6, 6.07) is 0. The largest absolute Gasteiger partial charge is 0.457 e. The first-order chi connectivity index (χ1) is 5.61. The summed E-state index contributed by atoms with van der Waals surface area (Å²) in [4.78, 5) is 0. The average Bonchev–Trinajstić information content (AvgIpc) is 2.03. The molecule has 72 valence electrons. The molecule has 0 spiro atoms. The number of hydrogen-bond donors (Lipinski definition) is 1. The van der Waals surface area contributed by atoms with Crippen LogP contribution in [-0.2, 0) is 9.47 Å². The molecule has 0 aliphatic heterocycles. The number of ether oxygens (including phenoxy) is 2. The molecule has 1 unspecified atom stereocenters. The van der Waals surface area contributed by atoms with Crippen LogP contribution in [0.2, 0.25) is 0 Å². The van der Waals surface area contributed by atoms with Gasteiger partial charge in [-0.15, -0.1) is 0 Å². The summed E-state index contributed by atoms with van der Waals surface area (Å²) in [5.41, 5.74) is 0. The van der Waals surface area contributed by atoms with Crippen LogP contribution in [0.15, 0.2) is 0 Å². The van der Waals surface area contributed by atoms with Gasteiger partial charge in [0, 0.05) is 24.7 Å². The summed E-state index contributed by atoms with van der Waals surface area (Å²) in [5.74, 6) is 0.0726. The highest BCUT2D eigenvalue weighted by Crippen LogP contribution is 2.06. The maximum absolute atomic E-state index is 8.78. The van der Waals surface area contributed by atoms with E-state index >= 15 is 0 Å². The minimum absolute atomic E-state index is 0.0726. The first kappa shape index (κ1) is 11.6. The third-order valence-electron chi connectivity index (χ3n) is 1.63. The molecule has 0 radical (unpaired) electrons. The van der Waals surface area contributed by atoms with Crippen LogP contribution >= 0.6 is 12.2 Å². The van der Waals surface area contributed by atoms with Crippen molar-refractivity contribution in [3.8, 4) is 0 Å². The Labute approximate surface area is 78.7 Å². The number of aliphatic hydroxyl groups excluding tert-OH is 1. The number of hydrogen-bond acceptors (Lipinski definition) is 4. The molecule has 1 N–H and O–H groups in total. The number of thiocarbonyl (C=S) groups is 1. The van der Waals surface area contributed by atoms with Crippen LogP contribution in [0.3, 0.4) is 0 Å². The SMILES string of the molecule is CCOC(=S)OC(C)[C@@H](C)CO. The Morgan fingerprint density at radius 3 is 2.50 bits per heavy atom. The lowest BCUT2D eigenvalue weighted by molar-refractivity contribution is 0.0694. The maximum atomic E-state index is 8.78. The second kappa shape index (κ2) is 6.20. The molecular formula is C8H16O3S. The van der Waals surface area contributed by atoms with Gasteiger partial charge >= 0.3 is 5.24 Å². The van der Waals surface area contributed by atoms with Crippen LogP contribution in [0.25, 0.3) is 0 Å². The molecule has 0 aliphatic carbocycles. The highest BCUT2D eigenvalue weighted by Gasteiger charge is 2.14. The van der Waals surface area contributed by atoms with E-state index in [0.717, 1.165) is 0 Å². The predicted octanol–water partition coefficient (Wildman–Crippen LogP) is 1.34. The van der Waals surface area contributed by atoms with Crippen LogP contribution in [0, 0.1) is 5.92 Å². The molecule has 12 heavy (non-hydrogen) atoms. The van der Waals surface area contributed by atoms with Crippen LogP contribution in [0.4, 0.5) is 0 Å². The Kier molecular flexibility index (Phi) is 6.02. The van der Waals surface area contributed by atoms with Gasteiger partial charge in [0.1, 0.15) is 6.10 Å². The Morgan fingerprint density at radius 1 is 1.50 bits per heavy atom. The molecule has 0 heterocycles. The molecular weight excluding hydrogens is 176 g/mol. The van der Waals surface area contributed by atoms with Crippen LogP contribution in [0.5, 0.6) is 0 Å². The maximum Gasteiger partial charge on any atom is 0.352 e. The van der Waals surface area contributed by atoms with Crippen molar-refractivity contribution in [3.05, 3.63) is 0 Å². The molecule has 3 nitrogen and oxygen atoms in total. The van der Waals surface area contributed by atoms with Crippen LogP contribution in [-0.4, -0.2) is 29.7 Å².